The summed E-state index contributed by atoms with van der Waals surface area (Å²) >= 11 is 0. The highest BCUT2D eigenvalue weighted by Crippen LogP contribution is 2.08. The zero-order chi connectivity index (χ0) is 6.69. The lowest BCUT2D eigenvalue weighted by Crippen LogP contribution is -2.07. The molecule has 1 heterocycles. The smallest absolute Gasteiger partial charge is 0.305 e. The third kappa shape index (κ3) is 2.46. The van der Waals surface area contributed by atoms with Gasteiger partial charge in [-0.15, -0.1) is 0 Å². The quantitative estimate of drug-likeness (QED) is 0.408. The highest BCUT2D eigenvalue weighted by Gasteiger charge is 2.23. The lowest BCUT2D eigenvalue weighted by atomic mass is 10.5. The van der Waals surface area contributed by atoms with Crippen molar-refractivity contribution in [2.75, 3.05) is 13.2 Å². The summed E-state index contributed by atoms with van der Waals surface area (Å²) in [6.07, 6.45) is 0.646. The van der Waals surface area contributed by atoms with E-state index in [1.165, 1.54) is 0 Å². The van der Waals surface area contributed by atoms with Gasteiger partial charge in [-0.25, -0.2) is 0 Å². The van der Waals surface area contributed by atoms with Crippen LogP contribution >= 0.6 is 0 Å². The fourth-order valence-corrected chi connectivity index (χ4v) is 0.452. The lowest BCUT2D eigenvalue weighted by molar-refractivity contribution is -0.143. The van der Waals surface area contributed by atoms with Crippen LogP contribution in [0.3, 0.4) is 0 Å². The van der Waals surface area contributed by atoms with Gasteiger partial charge in [0.1, 0.15) is 12.7 Å². The first-order chi connectivity index (χ1) is 4.33. The molecular formula is C6H10O3. The molecule has 1 fully saturated rings. The van der Waals surface area contributed by atoms with E-state index in [2.05, 4.69) is 0 Å². The third-order valence-corrected chi connectivity index (χ3v) is 1.12. The number of esters is 1. The van der Waals surface area contributed by atoms with Gasteiger partial charge >= 0.3 is 5.97 Å². The first-order valence-electron chi connectivity index (χ1n) is 3.10. The molecule has 1 saturated heterocycles. The lowest BCUT2D eigenvalue weighted by Gasteiger charge is -1.97. The van der Waals surface area contributed by atoms with E-state index < -0.39 is 0 Å². The minimum atomic E-state index is -0.148. The number of rotatable bonds is 3. The predicted molar refractivity (Wildman–Crippen MR) is 31.0 cm³/mol. The van der Waals surface area contributed by atoms with Crippen molar-refractivity contribution in [3.8, 4) is 0 Å². The van der Waals surface area contributed by atoms with Crippen LogP contribution in [0.5, 0.6) is 0 Å². The normalized spacial score (nSPS) is 23.4. The molecule has 0 unspecified atom stereocenters. The Morgan fingerprint density at radius 3 is 3.00 bits per heavy atom. The molecule has 0 N–H and O–H groups in total. The van der Waals surface area contributed by atoms with Gasteiger partial charge in [0, 0.05) is 6.42 Å². The topological polar surface area (TPSA) is 38.8 Å². The van der Waals surface area contributed by atoms with Gasteiger partial charge in [-0.3, -0.25) is 4.79 Å². The van der Waals surface area contributed by atoms with Crippen LogP contribution in [0.2, 0.25) is 0 Å². The Morgan fingerprint density at radius 2 is 2.56 bits per heavy atom. The zero-order valence-corrected chi connectivity index (χ0v) is 5.42. The summed E-state index contributed by atoms with van der Waals surface area (Å²) in [6, 6.07) is 0. The average molecular weight is 130 g/mol. The number of hydrogen-bond donors (Lipinski definition) is 0. The summed E-state index contributed by atoms with van der Waals surface area (Å²) in [7, 11) is 0. The molecule has 0 aromatic rings. The number of carbonyl (C=O) groups excluding carboxylic acids is 1. The van der Waals surface area contributed by atoms with Crippen LogP contribution in [0.15, 0.2) is 0 Å². The maximum absolute atomic E-state index is 10.5. The van der Waals surface area contributed by atoms with Crippen molar-refractivity contribution in [1.29, 1.82) is 0 Å². The van der Waals surface area contributed by atoms with E-state index in [9.17, 15) is 4.79 Å². The van der Waals surface area contributed by atoms with Crippen LogP contribution in [0.4, 0.5) is 0 Å². The minimum absolute atomic E-state index is 0.148. The standard InChI is InChI=1S/C6H10O3/c1-2-6(7)9-4-5-3-8-5/h5H,2-4H2,1H3/t5-/m1/s1. The molecule has 3 heteroatoms. The van der Waals surface area contributed by atoms with Crippen molar-refractivity contribution < 1.29 is 14.3 Å². The molecule has 1 atom stereocenters. The second-order valence-electron chi connectivity index (χ2n) is 1.99. The number of carbonyl (C=O) groups is 1. The SMILES string of the molecule is CCC(=O)OC[C@H]1CO1. The molecule has 0 amide bonds. The molecule has 0 bridgehead atoms. The van der Waals surface area contributed by atoms with Crippen LogP contribution in [0, 0.1) is 0 Å². The molecule has 0 saturated carbocycles. The molecule has 1 rings (SSSR count). The Kier molecular flexibility index (Phi) is 2.05. The Hall–Kier alpha value is -0.570. The van der Waals surface area contributed by atoms with Gasteiger partial charge in [-0.05, 0) is 0 Å². The first kappa shape index (κ1) is 6.55. The van der Waals surface area contributed by atoms with Crippen LogP contribution in [-0.2, 0) is 14.3 Å². The maximum atomic E-state index is 10.5. The highest BCUT2D eigenvalue weighted by atomic mass is 16.6. The van der Waals surface area contributed by atoms with Crippen molar-refractivity contribution in [2.45, 2.75) is 19.4 Å². The van der Waals surface area contributed by atoms with Crippen LogP contribution in [0.25, 0.3) is 0 Å². The Balaban J connectivity index is 1.96. The van der Waals surface area contributed by atoms with E-state index in [1.54, 1.807) is 6.92 Å². The van der Waals surface area contributed by atoms with E-state index >= 15 is 0 Å². The number of ether oxygens (including phenoxy) is 2. The summed E-state index contributed by atoms with van der Waals surface area (Å²) in [5.74, 6) is -0.148. The molecule has 0 aromatic heterocycles. The van der Waals surface area contributed by atoms with Crippen molar-refractivity contribution in [1.82, 2.24) is 0 Å². The second kappa shape index (κ2) is 2.82. The number of hydrogen-bond acceptors (Lipinski definition) is 3. The fraction of sp³-hybridized carbons (Fsp3) is 0.833. The van der Waals surface area contributed by atoms with Gasteiger partial charge in [0.15, 0.2) is 0 Å². The first-order valence-corrected chi connectivity index (χ1v) is 3.10. The molecule has 52 valence electrons. The summed E-state index contributed by atoms with van der Waals surface area (Å²) in [5, 5.41) is 0. The van der Waals surface area contributed by atoms with Gasteiger partial charge in [0.25, 0.3) is 0 Å². The summed E-state index contributed by atoms with van der Waals surface area (Å²) in [5.41, 5.74) is 0. The Labute approximate surface area is 53.9 Å². The Bertz CT molecular complexity index is 107. The monoisotopic (exact) mass is 130 g/mol. The fourth-order valence-electron chi connectivity index (χ4n) is 0.452. The van der Waals surface area contributed by atoms with E-state index in [0.29, 0.717) is 13.0 Å². The van der Waals surface area contributed by atoms with E-state index in [-0.39, 0.29) is 12.1 Å². The van der Waals surface area contributed by atoms with Crippen molar-refractivity contribution in [2.24, 2.45) is 0 Å². The molecule has 0 radical (unpaired) electrons. The number of epoxide rings is 1. The Morgan fingerprint density at radius 1 is 1.89 bits per heavy atom. The maximum Gasteiger partial charge on any atom is 0.305 e. The van der Waals surface area contributed by atoms with E-state index in [0.717, 1.165) is 6.61 Å². The van der Waals surface area contributed by atoms with Gasteiger partial charge in [0.05, 0.1) is 6.61 Å². The molecule has 9 heavy (non-hydrogen) atoms. The molecule has 0 aliphatic carbocycles. The summed E-state index contributed by atoms with van der Waals surface area (Å²) in [4.78, 5) is 10.5. The molecular weight excluding hydrogens is 120 g/mol. The average Bonchev–Trinajstić information content (AvgIpc) is 2.65. The second-order valence-corrected chi connectivity index (χ2v) is 1.99. The molecule has 0 aromatic carbocycles. The van der Waals surface area contributed by atoms with Gasteiger partial charge in [-0.1, -0.05) is 6.92 Å². The van der Waals surface area contributed by atoms with E-state index in [4.69, 9.17) is 9.47 Å². The molecule has 3 nitrogen and oxygen atoms in total. The summed E-state index contributed by atoms with van der Waals surface area (Å²) in [6.45, 7) is 2.96. The molecule has 0 spiro atoms. The van der Waals surface area contributed by atoms with Gasteiger partial charge < -0.3 is 9.47 Å². The molecule has 1 aliphatic heterocycles. The van der Waals surface area contributed by atoms with E-state index in [1.807, 2.05) is 0 Å². The summed E-state index contributed by atoms with van der Waals surface area (Å²) < 4.78 is 9.58. The predicted octanol–water partition coefficient (Wildman–Crippen LogP) is 0.338. The van der Waals surface area contributed by atoms with Crippen LogP contribution < -0.4 is 0 Å². The highest BCUT2D eigenvalue weighted by molar-refractivity contribution is 5.68. The van der Waals surface area contributed by atoms with Crippen LogP contribution in [0.1, 0.15) is 13.3 Å². The van der Waals surface area contributed by atoms with Gasteiger partial charge in [-0.2, -0.15) is 0 Å². The minimum Gasteiger partial charge on any atom is -0.463 e. The third-order valence-electron chi connectivity index (χ3n) is 1.12. The zero-order valence-electron chi connectivity index (χ0n) is 5.42. The van der Waals surface area contributed by atoms with Crippen LogP contribution in [-0.4, -0.2) is 25.3 Å². The van der Waals surface area contributed by atoms with Gasteiger partial charge in [0.2, 0.25) is 0 Å². The van der Waals surface area contributed by atoms with Crippen molar-refractivity contribution in [3.05, 3.63) is 0 Å². The largest absolute Gasteiger partial charge is 0.463 e. The van der Waals surface area contributed by atoms with Crippen molar-refractivity contribution >= 4 is 5.97 Å². The van der Waals surface area contributed by atoms with Crippen molar-refractivity contribution in [3.63, 3.8) is 0 Å². The molecule has 1 aliphatic rings.